The fraction of sp³-hybridized carbons (Fsp3) is 0.310. The van der Waals surface area contributed by atoms with Gasteiger partial charge in [-0.1, -0.05) is 23.7 Å². The van der Waals surface area contributed by atoms with E-state index < -0.39 is 17.6 Å². The van der Waals surface area contributed by atoms with Crippen LogP contribution in [-0.2, 0) is 19.3 Å². The normalized spacial score (nSPS) is 14.9. The molecular formula is C29H30ClF3N6O. The number of benzene rings is 2. The van der Waals surface area contributed by atoms with Gasteiger partial charge in [-0.15, -0.1) is 0 Å². The molecule has 0 aliphatic carbocycles. The fourth-order valence-corrected chi connectivity index (χ4v) is 5.06. The Morgan fingerprint density at radius 1 is 1.07 bits per heavy atom. The minimum Gasteiger partial charge on any atom is -0.381 e. The molecule has 1 saturated heterocycles. The standard InChI is InChI=1S/C29H30ClF3N6O/c1-18-3-4-19(13-25(18)35-15-21-16-36-27-23(26(21)30)7-8-34-27)28(40)37-22-6-5-20(24(14-22)29(31,32)33)17-39-11-9-38(2)10-12-39/h3-8,13-14,16,35H,9-12,15,17H2,1-2H3,(H,34,36)(H,37,40). The highest BCUT2D eigenvalue weighted by atomic mass is 35.5. The first-order chi connectivity index (χ1) is 19.1. The van der Waals surface area contributed by atoms with Crippen LogP contribution in [0.5, 0.6) is 0 Å². The van der Waals surface area contributed by atoms with Crippen molar-refractivity contribution in [2.75, 3.05) is 43.9 Å². The molecule has 2 aromatic carbocycles. The van der Waals surface area contributed by atoms with Gasteiger partial charge in [0.25, 0.3) is 5.91 Å². The monoisotopic (exact) mass is 570 g/mol. The summed E-state index contributed by atoms with van der Waals surface area (Å²) in [5.74, 6) is -0.503. The molecule has 1 aliphatic heterocycles. The number of H-pyrrole nitrogens is 1. The Morgan fingerprint density at radius 2 is 1.85 bits per heavy atom. The van der Waals surface area contributed by atoms with Crippen molar-refractivity contribution in [2.24, 2.45) is 0 Å². The molecule has 1 aliphatic rings. The molecule has 3 N–H and O–H groups in total. The molecule has 4 aromatic rings. The third-order valence-corrected chi connectivity index (χ3v) is 7.67. The number of piperazine rings is 1. The van der Waals surface area contributed by atoms with Crippen LogP contribution in [-0.4, -0.2) is 58.9 Å². The maximum atomic E-state index is 14.0. The second kappa shape index (κ2) is 11.5. The molecule has 1 fully saturated rings. The Morgan fingerprint density at radius 3 is 2.60 bits per heavy atom. The molecule has 0 atom stereocenters. The van der Waals surface area contributed by atoms with Gasteiger partial charge in [-0.3, -0.25) is 9.69 Å². The Labute approximate surface area is 235 Å². The van der Waals surface area contributed by atoms with Gasteiger partial charge in [-0.25, -0.2) is 4.98 Å². The molecule has 5 rings (SSSR count). The van der Waals surface area contributed by atoms with E-state index in [4.69, 9.17) is 11.6 Å². The number of pyridine rings is 1. The third-order valence-electron chi connectivity index (χ3n) is 7.23. The van der Waals surface area contributed by atoms with E-state index in [1.54, 1.807) is 30.6 Å². The van der Waals surface area contributed by atoms with Crippen molar-refractivity contribution in [1.82, 2.24) is 19.8 Å². The molecule has 7 nitrogen and oxygen atoms in total. The van der Waals surface area contributed by atoms with Crippen LogP contribution in [0.25, 0.3) is 11.0 Å². The smallest absolute Gasteiger partial charge is 0.381 e. The zero-order valence-electron chi connectivity index (χ0n) is 22.2. The van der Waals surface area contributed by atoms with E-state index in [0.717, 1.165) is 35.7 Å². The summed E-state index contributed by atoms with van der Waals surface area (Å²) in [6, 6.07) is 11.0. The number of rotatable bonds is 7. The number of aromatic nitrogens is 2. The van der Waals surface area contributed by atoms with E-state index in [1.165, 1.54) is 12.1 Å². The summed E-state index contributed by atoms with van der Waals surface area (Å²) in [6.45, 7) is 5.53. The first kappa shape index (κ1) is 27.9. The average Bonchev–Trinajstić information content (AvgIpc) is 3.40. The Hall–Kier alpha value is -3.60. The van der Waals surface area contributed by atoms with Gasteiger partial charge < -0.3 is 20.5 Å². The van der Waals surface area contributed by atoms with E-state index in [0.29, 0.717) is 41.6 Å². The lowest BCUT2D eigenvalue weighted by Gasteiger charge is -2.33. The number of carbonyl (C=O) groups is 1. The molecule has 1 amide bonds. The summed E-state index contributed by atoms with van der Waals surface area (Å²) >= 11 is 6.53. The Kier molecular flexibility index (Phi) is 8.02. The molecular weight excluding hydrogens is 541 g/mol. The van der Waals surface area contributed by atoms with Gasteiger partial charge in [0.2, 0.25) is 0 Å². The third kappa shape index (κ3) is 6.24. The van der Waals surface area contributed by atoms with Crippen LogP contribution >= 0.6 is 11.6 Å². The largest absolute Gasteiger partial charge is 0.416 e. The summed E-state index contributed by atoms with van der Waals surface area (Å²) in [6.07, 6.45) is -1.08. The fourth-order valence-electron chi connectivity index (χ4n) is 4.79. The molecule has 0 spiro atoms. The Bertz CT molecular complexity index is 1530. The van der Waals surface area contributed by atoms with Gasteiger partial charge in [0.05, 0.1) is 10.6 Å². The number of halogens is 4. The number of nitrogens with zero attached hydrogens (tertiary/aromatic N) is 3. The summed E-state index contributed by atoms with van der Waals surface area (Å²) in [4.78, 5) is 24.6. The van der Waals surface area contributed by atoms with Gasteiger partial charge in [0, 0.05) is 79.6 Å². The van der Waals surface area contributed by atoms with Crippen molar-refractivity contribution in [3.63, 3.8) is 0 Å². The van der Waals surface area contributed by atoms with Gasteiger partial charge in [0.1, 0.15) is 5.65 Å². The van der Waals surface area contributed by atoms with Crippen LogP contribution in [0.2, 0.25) is 5.02 Å². The van der Waals surface area contributed by atoms with Crippen LogP contribution in [0.1, 0.15) is 32.6 Å². The van der Waals surface area contributed by atoms with Crippen molar-refractivity contribution < 1.29 is 18.0 Å². The lowest BCUT2D eigenvalue weighted by atomic mass is 10.0. The maximum absolute atomic E-state index is 14.0. The first-order valence-electron chi connectivity index (χ1n) is 13.0. The van der Waals surface area contributed by atoms with Crippen molar-refractivity contribution in [3.05, 3.63) is 87.7 Å². The second-order valence-corrected chi connectivity index (χ2v) is 10.5. The van der Waals surface area contributed by atoms with E-state index in [2.05, 4.69) is 25.5 Å². The van der Waals surface area contributed by atoms with E-state index in [-0.39, 0.29) is 17.8 Å². The van der Waals surface area contributed by atoms with Crippen LogP contribution in [0.15, 0.2) is 54.9 Å². The molecule has 0 saturated carbocycles. The zero-order chi connectivity index (χ0) is 28.4. The summed E-state index contributed by atoms with van der Waals surface area (Å²) in [7, 11) is 2.00. The summed E-state index contributed by atoms with van der Waals surface area (Å²) in [5.41, 5.74) is 2.96. The maximum Gasteiger partial charge on any atom is 0.416 e. The number of hydrogen-bond acceptors (Lipinski definition) is 5. The predicted octanol–water partition coefficient (Wildman–Crippen LogP) is 6.16. The number of carbonyl (C=O) groups excluding carboxylic acids is 1. The highest BCUT2D eigenvalue weighted by molar-refractivity contribution is 6.36. The molecule has 0 radical (unpaired) electrons. The quantitative estimate of drug-likeness (QED) is 0.248. The first-order valence-corrected chi connectivity index (χ1v) is 13.3. The van der Waals surface area contributed by atoms with Crippen molar-refractivity contribution in [2.45, 2.75) is 26.2 Å². The second-order valence-electron chi connectivity index (χ2n) is 10.1. The lowest BCUT2D eigenvalue weighted by molar-refractivity contribution is -0.138. The van der Waals surface area contributed by atoms with Crippen LogP contribution in [0, 0.1) is 6.92 Å². The van der Waals surface area contributed by atoms with Crippen LogP contribution in [0.4, 0.5) is 24.5 Å². The van der Waals surface area contributed by atoms with Crippen LogP contribution in [0.3, 0.4) is 0 Å². The molecule has 3 heterocycles. The van der Waals surface area contributed by atoms with Crippen LogP contribution < -0.4 is 10.6 Å². The van der Waals surface area contributed by atoms with Gasteiger partial charge in [-0.05, 0) is 55.4 Å². The van der Waals surface area contributed by atoms with E-state index in [9.17, 15) is 18.0 Å². The molecule has 11 heteroatoms. The van der Waals surface area contributed by atoms with E-state index in [1.807, 2.05) is 24.9 Å². The van der Waals surface area contributed by atoms with Crippen molar-refractivity contribution in [3.8, 4) is 0 Å². The SMILES string of the molecule is Cc1ccc(C(=O)Nc2ccc(CN3CCN(C)CC3)c(C(F)(F)F)c2)cc1NCc1cnc2[nH]ccc2c1Cl. The number of alkyl halides is 3. The van der Waals surface area contributed by atoms with Crippen molar-refractivity contribution in [1.29, 1.82) is 0 Å². The molecule has 40 heavy (non-hydrogen) atoms. The number of aromatic amines is 1. The topological polar surface area (TPSA) is 76.3 Å². The van der Waals surface area contributed by atoms with Gasteiger partial charge in [-0.2, -0.15) is 13.2 Å². The number of aryl methyl sites for hydroxylation is 1. The summed E-state index contributed by atoms with van der Waals surface area (Å²) < 4.78 is 41.9. The van der Waals surface area contributed by atoms with Gasteiger partial charge in [0.15, 0.2) is 0 Å². The van der Waals surface area contributed by atoms with Gasteiger partial charge >= 0.3 is 6.18 Å². The number of fused-ring (bicyclic) bond motifs is 1. The highest BCUT2D eigenvalue weighted by Crippen LogP contribution is 2.35. The molecule has 0 bridgehead atoms. The zero-order valence-corrected chi connectivity index (χ0v) is 23.0. The lowest BCUT2D eigenvalue weighted by Crippen LogP contribution is -2.44. The number of likely N-dealkylation sites (N-methyl/N-ethyl adjacent to an activating group) is 1. The Balaban J connectivity index is 1.30. The average molecular weight is 571 g/mol. The molecule has 210 valence electrons. The predicted molar refractivity (Wildman–Crippen MR) is 152 cm³/mol. The number of hydrogen-bond donors (Lipinski definition) is 3. The minimum atomic E-state index is -4.54. The van der Waals surface area contributed by atoms with Crippen molar-refractivity contribution >= 4 is 39.9 Å². The highest BCUT2D eigenvalue weighted by Gasteiger charge is 2.34. The molecule has 0 unspecified atom stereocenters. The molecule has 2 aromatic heterocycles. The summed E-state index contributed by atoms with van der Waals surface area (Å²) in [5, 5.41) is 7.33. The van der Waals surface area contributed by atoms with E-state index >= 15 is 0 Å². The minimum absolute atomic E-state index is 0.0900. The number of anilines is 2. The number of nitrogens with one attached hydrogen (secondary N) is 3. The number of amides is 1.